The van der Waals surface area contributed by atoms with Crippen molar-refractivity contribution in [2.45, 2.75) is 0 Å². The second-order valence-corrected chi connectivity index (χ2v) is 5.02. The number of hydrogen-bond acceptors (Lipinski definition) is 1. The first-order valence-electron chi connectivity index (χ1n) is 6.99. The molecule has 1 heterocycles. The Balaban J connectivity index is 2.10. The van der Waals surface area contributed by atoms with E-state index in [1.807, 2.05) is 24.8 Å². The van der Waals surface area contributed by atoms with Crippen molar-refractivity contribution in [1.29, 1.82) is 0 Å². The highest BCUT2D eigenvalue weighted by Crippen LogP contribution is 2.33. The van der Waals surface area contributed by atoms with Crippen LogP contribution in [0.3, 0.4) is 0 Å². The number of fused-ring (bicyclic) bond motifs is 1. The quantitative estimate of drug-likeness (QED) is 0.516. The van der Waals surface area contributed by atoms with Gasteiger partial charge in [-0.15, -0.1) is 0 Å². The van der Waals surface area contributed by atoms with Crippen LogP contribution in [0.1, 0.15) is 0 Å². The van der Waals surface area contributed by atoms with Crippen LogP contribution in [0.2, 0.25) is 0 Å². The lowest BCUT2D eigenvalue weighted by molar-refractivity contribution is 1.07. The Labute approximate surface area is 123 Å². The van der Waals surface area contributed by atoms with Gasteiger partial charge in [-0.05, 0) is 10.9 Å². The highest BCUT2D eigenvalue weighted by molar-refractivity contribution is 5.97. The van der Waals surface area contributed by atoms with Gasteiger partial charge in [-0.2, -0.15) is 0 Å². The maximum Gasteiger partial charge on any atom is 0.0992 e. The monoisotopic (exact) mass is 270 g/mol. The average molecular weight is 270 g/mol. The number of aromatic nitrogens is 2. The molecule has 3 aromatic carbocycles. The summed E-state index contributed by atoms with van der Waals surface area (Å²) in [4.78, 5) is 4.20. The van der Waals surface area contributed by atoms with Gasteiger partial charge in [0.25, 0.3) is 0 Å². The van der Waals surface area contributed by atoms with Crippen LogP contribution in [-0.4, -0.2) is 9.55 Å². The van der Waals surface area contributed by atoms with Crippen LogP contribution >= 0.6 is 0 Å². The molecule has 2 heteroatoms. The van der Waals surface area contributed by atoms with Crippen molar-refractivity contribution in [3.63, 3.8) is 0 Å². The molecule has 21 heavy (non-hydrogen) atoms. The summed E-state index contributed by atoms with van der Waals surface area (Å²) in [7, 11) is 0. The molecule has 0 spiro atoms. The zero-order chi connectivity index (χ0) is 14.1. The van der Waals surface area contributed by atoms with Crippen LogP contribution in [0.4, 0.5) is 0 Å². The topological polar surface area (TPSA) is 17.8 Å². The van der Waals surface area contributed by atoms with E-state index in [0.717, 1.165) is 0 Å². The van der Waals surface area contributed by atoms with Crippen LogP contribution in [0.15, 0.2) is 85.5 Å². The minimum Gasteiger partial charge on any atom is -0.305 e. The van der Waals surface area contributed by atoms with E-state index >= 15 is 0 Å². The first-order valence-corrected chi connectivity index (χ1v) is 6.99. The standard InChI is InChI=1S/C19H14N2/c1-2-6-15(7-3-1)18-11-10-16-8-4-5-9-17(16)19(18)21-13-12-20-14-21/h1-14H. The van der Waals surface area contributed by atoms with Gasteiger partial charge in [0.1, 0.15) is 0 Å². The van der Waals surface area contributed by atoms with Crippen molar-refractivity contribution in [2.24, 2.45) is 0 Å². The first kappa shape index (κ1) is 11.9. The van der Waals surface area contributed by atoms with Crippen molar-refractivity contribution >= 4 is 10.8 Å². The van der Waals surface area contributed by atoms with Crippen molar-refractivity contribution in [1.82, 2.24) is 9.55 Å². The van der Waals surface area contributed by atoms with Crippen molar-refractivity contribution in [3.05, 3.63) is 85.5 Å². The minimum atomic E-state index is 1.18. The van der Waals surface area contributed by atoms with E-state index in [1.54, 1.807) is 0 Å². The average Bonchev–Trinajstić information content (AvgIpc) is 3.08. The molecule has 0 amide bonds. The predicted molar refractivity (Wildman–Crippen MR) is 86.5 cm³/mol. The Morgan fingerprint density at radius 1 is 0.762 bits per heavy atom. The summed E-state index contributed by atoms with van der Waals surface area (Å²) in [6.07, 6.45) is 5.67. The van der Waals surface area contributed by atoms with Gasteiger partial charge in [0.2, 0.25) is 0 Å². The molecule has 4 aromatic rings. The van der Waals surface area contributed by atoms with Crippen LogP contribution in [0, 0.1) is 0 Å². The minimum absolute atomic E-state index is 1.18. The number of benzene rings is 3. The lowest BCUT2D eigenvalue weighted by Gasteiger charge is -2.14. The fourth-order valence-corrected chi connectivity index (χ4v) is 2.78. The van der Waals surface area contributed by atoms with Gasteiger partial charge >= 0.3 is 0 Å². The smallest absolute Gasteiger partial charge is 0.0992 e. The Kier molecular flexibility index (Phi) is 2.79. The molecule has 0 unspecified atom stereocenters. The van der Waals surface area contributed by atoms with Gasteiger partial charge in [-0.3, -0.25) is 0 Å². The third kappa shape index (κ3) is 2.01. The molecule has 1 aromatic heterocycles. The summed E-state index contributed by atoms with van der Waals surface area (Å²) < 4.78 is 2.09. The molecule has 2 nitrogen and oxygen atoms in total. The van der Waals surface area contributed by atoms with Crippen molar-refractivity contribution in [3.8, 4) is 16.8 Å². The van der Waals surface area contributed by atoms with Crippen LogP contribution in [-0.2, 0) is 0 Å². The summed E-state index contributed by atoms with van der Waals surface area (Å²) in [5, 5.41) is 2.47. The predicted octanol–water partition coefficient (Wildman–Crippen LogP) is 4.69. The summed E-state index contributed by atoms with van der Waals surface area (Å²) >= 11 is 0. The van der Waals surface area contributed by atoms with E-state index in [4.69, 9.17) is 0 Å². The molecular formula is C19H14N2. The Hall–Kier alpha value is -2.87. The Morgan fingerprint density at radius 3 is 2.38 bits per heavy atom. The second-order valence-electron chi connectivity index (χ2n) is 5.02. The molecule has 0 atom stereocenters. The molecule has 100 valence electrons. The van der Waals surface area contributed by atoms with Crippen LogP contribution in [0.25, 0.3) is 27.6 Å². The highest BCUT2D eigenvalue weighted by atomic mass is 15.0. The molecular weight excluding hydrogens is 256 g/mol. The van der Waals surface area contributed by atoms with Crippen LogP contribution < -0.4 is 0 Å². The normalized spacial score (nSPS) is 10.9. The molecule has 0 aliphatic rings. The van der Waals surface area contributed by atoms with E-state index in [0.29, 0.717) is 0 Å². The molecule has 0 radical (unpaired) electrons. The summed E-state index contributed by atoms with van der Waals surface area (Å²) in [5.74, 6) is 0. The molecule has 0 saturated carbocycles. The third-order valence-electron chi connectivity index (χ3n) is 3.75. The van der Waals surface area contributed by atoms with E-state index in [1.165, 1.54) is 27.6 Å². The van der Waals surface area contributed by atoms with E-state index < -0.39 is 0 Å². The van der Waals surface area contributed by atoms with Gasteiger partial charge < -0.3 is 4.57 Å². The number of hydrogen-bond donors (Lipinski definition) is 0. The first-order chi connectivity index (χ1) is 10.4. The number of nitrogens with zero attached hydrogens (tertiary/aromatic N) is 2. The highest BCUT2D eigenvalue weighted by Gasteiger charge is 2.10. The van der Waals surface area contributed by atoms with E-state index in [2.05, 4.69) is 70.2 Å². The number of imidazole rings is 1. The molecule has 0 bridgehead atoms. The fourth-order valence-electron chi connectivity index (χ4n) is 2.78. The van der Waals surface area contributed by atoms with Gasteiger partial charge in [-0.25, -0.2) is 4.98 Å². The van der Waals surface area contributed by atoms with Gasteiger partial charge in [0.05, 0.1) is 12.0 Å². The maximum absolute atomic E-state index is 4.20. The van der Waals surface area contributed by atoms with E-state index in [-0.39, 0.29) is 0 Å². The third-order valence-corrected chi connectivity index (χ3v) is 3.75. The molecule has 0 aliphatic heterocycles. The number of rotatable bonds is 2. The Bertz CT molecular complexity index is 878. The zero-order valence-electron chi connectivity index (χ0n) is 11.5. The van der Waals surface area contributed by atoms with Crippen molar-refractivity contribution in [2.75, 3.05) is 0 Å². The summed E-state index contributed by atoms with van der Waals surface area (Å²) in [6, 6.07) is 23.3. The molecule has 0 aliphatic carbocycles. The van der Waals surface area contributed by atoms with Gasteiger partial charge in [-0.1, -0.05) is 66.7 Å². The molecule has 0 fully saturated rings. The fraction of sp³-hybridized carbons (Fsp3) is 0. The zero-order valence-corrected chi connectivity index (χ0v) is 11.5. The summed E-state index contributed by atoms with van der Waals surface area (Å²) in [5.41, 5.74) is 3.61. The maximum atomic E-state index is 4.20. The summed E-state index contributed by atoms with van der Waals surface area (Å²) in [6.45, 7) is 0. The van der Waals surface area contributed by atoms with Gasteiger partial charge in [0, 0.05) is 23.3 Å². The van der Waals surface area contributed by atoms with Gasteiger partial charge in [0.15, 0.2) is 0 Å². The lowest BCUT2D eigenvalue weighted by Crippen LogP contribution is -1.96. The van der Waals surface area contributed by atoms with Crippen molar-refractivity contribution < 1.29 is 0 Å². The SMILES string of the molecule is c1ccc(-c2ccc3ccccc3c2-n2ccnc2)cc1. The largest absolute Gasteiger partial charge is 0.305 e. The second kappa shape index (κ2) is 4.91. The molecule has 4 rings (SSSR count). The van der Waals surface area contributed by atoms with E-state index in [9.17, 15) is 0 Å². The Morgan fingerprint density at radius 2 is 1.57 bits per heavy atom. The van der Waals surface area contributed by atoms with Crippen LogP contribution in [0.5, 0.6) is 0 Å². The lowest BCUT2D eigenvalue weighted by atomic mass is 9.98. The molecule has 0 N–H and O–H groups in total. The molecule has 0 saturated heterocycles.